The highest BCUT2D eigenvalue weighted by Crippen LogP contribution is 2.34. The molecule has 29 heavy (non-hydrogen) atoms. The van der Waals surface area contributed by atoms with Crippen LogP contribution in [-0.4, -0.2) is 60.9 Å². The number of nitrogens with two attached hydrogens (primary N) is 1. The average Bonchev–Trinajstić information content (AvgIpc) is 3.00. The zero-order valence-corrected chi connectivity index (χ0v) is 17.0. The molecule has 0 atom stereocenters. The number of halogens is 1. The summed E-state index contributed by atoms with van der Waals surface area (Å²) in [6.07, 6.45) is 1.32. The molecule has 1 saturated heterocycles. The molecule has 0 saturated carbocycles. The van der Waals surface area contributed by atoms with Gasteiger partial charge in [-0.2, -0.15) is 5.10 Å². The van der Waals surface area contributed by atoms with E-state index in [1.165, 1.54) is 30.5 Å². The van der Waals surface area contributed by atoms with E-state index in [2.05, 4.69) is 15.1 Å². The summed E-state index contributed by atoms with van der Waals surface area (Å²) in [5.41, 5.74) is 5.99. The SMILES string of the molecule is Nc1c(S(=O)(=O)c2ccc(Cl)cc2)c2cn[nH]c(=O)c2n1CCN1CCOCC1. The van der Waals surface area contributed by atoms with Crippen molar-refractivity contribution in [2.75, 3.05) is 38.6 Å². The Labute approximate surface area is 171 Å². The van der Waals surface area contributed by atoms with Crippen LogP contribution in [-0.2, 0) is 21.1 Å². The molecular weight excluding hydrogens is 418 g/mol. The number of rotatable bonds is 5. The van der Waals surface area contributed by atoms with Gasteiger partial charge in [0.25, 0.3) is 5.56 Å². The van der Waals surface area contributed by atoms with Gasteiger partial charge in [-0.25, -0.2) is 13.5 Å². The molecule has 154 valence electrons. The highest BCUT2D eigenvalue weighted by Gasteiger charge is 2.29. The number of hydrogen-bond acceptors (Lipinski definition) is 7. The van der Waals surface area contributed by atoms with Gasteiger partial charge in [-0.1, -0.05) is 11.6 Å². The van der Waals surface area contributed by atoms with Crippen LogP contribution in [0, 0.1) is 0 Å². The summed E-state index contributed by atoms with van der Waals surface area (Å²) >= 11 is 5.88. The van der Waals surface area contributed by atoms with Crippen molar-refractivity contribution in [3.8, 4) is 0 Å². The number of ether oxygens (including phenoxy) is 1. The molecule has 1 aliphatic heterocycles. The molecule has 3 N–H and O–H groups in total. The first-order valence-corrected chi connectivity index (χ1v) is 10.9. The Balaban J connectivity index is 1.82. The minimum atomic E-state index is -3.98. The first-order chi connectivity index (χ1) is 13.9. The summed E-state index contributed by atoms with van der Waals surface area (Å²) < 4.78 is 33.5. The van der Waals surface area contributed by atoms with E-state index in [1.54, 1.807) is 4.57 Å². The van der Waals surface area contributed by atoms with Crippen molar-refractivity contribution in [1.82, 2.24) is 19.7 Å². The van der Waals surface area contributed by atoms with E-state index < -0.39 is 15.4 Å². The van der Waals surface area contributed by atoms with Crippen molar-refractivity contribution in [2.45, 2.75) is 16.3 Å². The summed E-state index contributed by atoms with van der Waals surface area (Å²) in [4.78, 5) is 14.6. The second-order valence-electron chi connectivity index (χ2n) is 6.74. The average molecular weight is 438 g/mol. The van der Waals surface area contributed by atoms with Crippen LogP contribution < -0.4 is 11.3 Å². The van der Waals surface area contributed by atoms with E-state index in [0.29, 0.717) is 31.3 Å². The molecule has 1 aromatic carbocycles. The number of nitrogens with zero attached hydrogens (tertiary/aromatic N) is 3. The Kier molecular flexibility index (Phi) is 5.34. The molecule has 3 heterocycles. The molecule has 0 amide bonds. The second-order valence-corrected chi connectivity index (χ2v) is 9.06. The molecule has 9 nitrogen and oxygen atoms in total. The van der Waals surface area contributed by atoms with E-state index in [0.717, 1.165) is 13.1 Å². The summed E-state index contributed by atoms with van der Waals surface area (Å²) in [6.45, 7) is 3.80. The fourth-order valence-corrected chi connectivity index (χ4v) is 5.20. The summed E-state index contributed by atoms with van der Waals surface area (Å²) in [6, 6.07) is 5.81. The number of sulfone groups is 1. The first kappa shape index (κ1) is 19.9. The van der Waals surface area contributed by atoms with E-state index >= 15 is 0 Å². The Morgan fingerprint density at radius 2 is 1.86 bits per heavy atom. The van der Waals surface area contributed by atoms with Gasteiger partial charge < -0.3 is 15.0 Å². The van der Waals surface area contributed by atoms with E-state index in [4.69, 9.17) is 22.1 Å². The van der Waals surface area contributed by atoms with Gasteiger partial charge in [0.15, 0.2) is 0 Å². The number of nitrogens with one attached hydrogen (secondary N) is 1. The fourth-order valence-electron chi connectivity index (χ4n) is 3.52. The van der Waals surface area contributed by atoms with Crippen molar-refractivity contribution in [2.24, 2.45) is 0 Å². The lowest BCUT2D eigenvalue weighted by atomic mass is 10.3. The number of H-pyrrole nitrogens is 1. The van der Waals surface area contributed by atoms with E-state index in [9.17, 15) is 13.2 Å². The van der Waals surface area contributed by atoms with Gasteiger partial charge in [0.1, 0.15) is 16.2 Å². The highest BCUT2D eigenvalue weighted by atomic mass is 35.5. The van der Waals surface area contributed by atoms with Gasteiger partial charge in [0.2, 0.25) is 9.84 Å². The number of aromatic nitrogens is 3. The summed E-state index contributed by atoms with van der Waals surface area (Å²) in [5.74, 6) is 0.0155. The van der Waals surface area contributed by atoms with Crippen LogP contribution in [0.5, 0.6) is 0 Å². The predicted molar refractivity (Wildman–Crippen MR) is 109 cm³/mol. The van der Waals surface area contributed by atoms with Crippen LogP contribution in [0.2, 0.25) is 5.02 Å². The molecule has 0 aliphatic carbocycles. The Morgan fingerprint density at radius 1 is 1.17 bits per heavy atom. The molecule has 1 aliphatic rings. The van der Waals surface area contributed by atoms with E-state index in [-0.39, 0.29) is 26.5 Å². The molecule has 0 spiro atoms. The normalized spacial score (nSPS) is 15.8. The molecule has 4 rings (SSSR count). The maximum Gasteiger partial charge on any atom is 0.288 e. The van der Waals surface area contributed by atoms with Crippen molar-refractivity contribution >= 4 is 38.2 Å². The van der Waals surface area contributed by atoms with Crippen LogP contribution in [0.3, 0.4) is 0 Å². The van der Waals surface area contributed by atoms with Gasteiger partial charge in [0.05, 0.1) is 24.3 Å². The quantitative estimate of drug-likeness (QED) is 0.613. The van der Waals surface area contributed by atoms with Gasteiger partial charge in [0, 0.05) is 36.6 Å². The zero-order chi connectivity index (χ0) is 20.6. The number of nitrogen functional groups attached to an aromatic ring is 1. The third-order valence-corrected chi connectivity index (χ3v) is 7.12. The Hall–Kier alpha value is -2.40. The minimum absolute atomic E-state index is 0.0155. The molecule has 3 aromatic rings. The van der Waals surface area contributed by atoms with Crippen molar-refractivity contribution < 1.29 is 13.2 Å². The Morgan fingerprint density at radius 3 is 2.55 bits per heavy atom. The lowest BCUT2D eigenvalue weighted by molar-refractivity contribution is 0.0366. The van der Waals surface area contributed by atoms with Gasteiger partial charge in [-0.05, 0) is 24.3 Å². The summed E-state index contributed by atoms with van der Waals surface area (Å²) in [5, 5.41) is 6.76. The van der Waals surface area contributed by atoms with Crippen LogP contribution in [0.15, 0.2) is 45.0 Å². The first-order valence-electron chi connectivity index (χ1n) is 9.05. The van der Waals surface area contributed by atoms with Crippen LogP contribution in [0.4, 0.5) is 5.82 Å². The molecular formula is C18H20ClN5O4S. The van der Waals surface area contributed by atoms with Gasteiger partial charge in [-0.3, -0.25) is 9.69 Å². The number of fused-ring (bicyclic) bond motifs is 1. The molecule has 11 heteroatoms. The number of anilines is 1. The van der Waals surface area contributed by atoms with Gasteiger partial charge in [-0.15, -0.1) is 0 Å². The standard InChI is InChI=1S/C18H20ClN5O4S/c19-12-1-3-13(4-2-12)29(26,27)16-14-11-21-22-18(25)15(14)24(17(16)20)6-5-23-7-9-28-10-8-23/h1-4,11H,5-10,20H2,(H,22,25). The molecule has 2 aromatic heterocycles. The number of hydrogen-bond donors (Lipinski definition) is 2. The zero-order valence-electron chi connectivity index (χ0n) is 15.5. The molecule has 0 radical (unpaired) electrons. The fraction of sp³-hybridized carbons (Fsp3) is 0.333. The smallest absolute Gasteiger partial charge is 0.288 e. The molecule has 0 unspecified atom stereocenters. The van der Waals surface area contributed by atoms with Gasteiger partial charge >= 0.3 is 0 Å². The molecule has 1 fully saturated rings. The molecule has 0 bridgehead atoms. The summed E-state index contributed by atoms with van der Waals surface area (Å²) in [7, 11) is -3.98. The predicted octanol–water partition coefficient (Wildman–Crippen LogP) is 1.13. The van der Waals surface area contributed by atoms with Crippen molar-refractivity contribution in [1.29, 1.82) is 0 Å². The van der Waals surface area contributed by atoms with Crippen molar-refractivity contribution in [3.05, 3.63) is 45.8 Å². The van der Waals surface area contributed by atoms with Crippen molar-refractivity contribution in [3.63, 3.8) is 0 Å². The van der Waals surface area contributed by atoms with Crippen LogP contribution in [0.1, 0.15) is 0 Å². The largest absolute Gasteiger partial charge is 0.384 e. The van der Waals surface area contributed by atoms with E-state index in [1.807, 2.05) is 0 Å². The number of aromatic amines is 1. The minimum Gasteiger partial charge on any atom is -0.384 e. The lowest BCUT2D eigenvalue weighted by Gasteiger charge is -2.26. The second kappa shape index (κ2) is 7.79. The maximum absolute atomic E-state index is 13.3. The third kappa shape index (κ3) is 3.64. The Bertz CT molecular complexity index is 1200. The third-order valence-electron chi connectivity index (χ3n) is 5.00. The highest BCUT2D eigenvalue weighted by molar-refractivity contribution is 7.92. The number of benzene rings is 1. The number of morpholine rings is 1. The lowest BCUT2D eigenvalue weighted by Crippen LogP contribution is -2.38. The monoisotopic (exact) mass is 437 g/mol. The van der Waals surface area contributed by atoms with Crippen LogP contribution in [0.25, 0.3) is 10.9 Å². The maximum atomic E-state index is 13.3. The topological polar surface area (TPSA) is 123 Å². The van der Waals surface area contributed by atoms with Crippen LogP contribution >= 0.6 is 11.6 Å².